The predicted octanol–water partition coefficient (Wildman–Crippen LogP) is 2.24. The van der Waals surface area contributed by atoms with Gasteiger partial charge in [0.05, 0.1) is 5.75 Å². The van der Waals surface area contributed by atoms with Gasteiger partial charge in [-0.3, -0.25) is 14.4 Å². The van der Waals surface area contributed by atoms with Crippen molar-refractivity contribution < 1.29 is 19.5 Å². The van der Waals surface area contributed by atoms with E-state index in [4.69, 9.17) is 16.7 Å². The molecular formula is C14H16ClNO4S. The van der Waals surface area contributed by atoms with Crippen molar-refractivity contribution in [1.82, 2.24) is 5.32 Å². The smallest absolute Gasteiger partial charge is 0.313 e. The van der Waals surface area contributed by atoms with Crippen molar-refractivity contribution in [2.75, 3.05) is 18.1 Å². The zero-order valence-corrected chi connectivity index (χ0v) is 12.9. The highest BCUT2D eigenvalue weighted by Crippen LogP contribution is 2.11. The van der Waals surface area contributed by atoms with E-state index < -0.39 is 5.97 Å². The molecule has 0 aliphatic rings. The lowest BCUT2D eigenvalue weighted by Crippen LogP contribution is -2.26. The van der Waals surface area contributed by atoms with Crippen LogP contribution in [0, 0.1) is 0 Å². The molecule has 1 aromatic rings. The molecule has 1 rings (SSSR count). The number of benzene rings is 1. The fourth-order valence-corrected chi connectivity index (χ4v) is 2.21. The zero-order valence-electron chi connectivity index (χ0n) is 11.3. The number of amides is 1. The molecule has 0 heterocycles. The van der Waals surface area contributed by atoms with Crippen molar-refractivity contribution in [3.63, 3.8) is 0 Å². The van der Waals surface area contributed by atoms with Crippen LogP contribution in [-0.4, -0.2) is 40.8 Å². The topological polar surface area (TPSA) is 83.5 Å². The Morgan fingerprint density at radius 3 is 2.43 bits per heavy atom. The van der Waals surface area contributed by atoms with Crippen LogP contribution in [0.25, 0.3) is 0 Å². The van der Waals surface area contributed by atoms with Crippen molar-refractivity contribution in [3.05, 3.63) is 34.9 Å². The summed E-state index contributed by atoms with van der Waals surface area (Å²) in [5.41, 5.74) is 0.532. The summed E-state index contributed by atoms with van der Waals surface area (Å²) in [6.45, 7) is 0.395. The normalized spacial score (nSPS) is 10.1. The van der Waals surface area contributed by atoms with Crippen LogP contribution in [0.15, 0.2) is 24.3 Å². The maximum atomic E-state index is 11.8. The largest absolute Gasteiger partial charge is 0.481 e. The molecule has 0 aromatic heterocycles. The molecule has 7 heteroatoms. The summed E-state index contributed by atoms with van der Waals surface area (Å²) in [4.78, 5) is 33.6. The number of thioether (sulfide) groups is 1. The summed E-state index contributed by atoms with van der Waals surface area (Å²) < 4.78 is 0. The molecule has 0 saturated carbocycles. The van der Waals surface area contributed by atoms with Gasteiger partial charge in [0, 0.05) is 35.7 Å². The maximum Gasteiger partial charge on any atom is 0.313 e. The first-order chi connectivity index (χ1) is 9.99. The molecule has 0 bridgehead atoms. The number of rotatable bonds is 9. The SMILES string of the molecule is O=C(O)CSCCNC(=O)CCC(=O)c1ccc(Cl)cc1. The summed E-state index contributed by atoms with van der Waals surface area (Å²) in [5.74, 6) is -0.649. The van der Waals surface area contributed by atoms with Crippen LogP contribution >= 0.6 is 23.4 Å². The van der Waals surface area contributed by atoms with E-state index in [0.717, 1.165) is 0 Å². The van der Waals surface area contributed by atoms with Crippen LogP contribution in [0.4, 0.5) is 0 Å². The van der Waals surface area contributed by atoms with Gasteiger partial charge in [0.2, 0.25) is 5.91 Å². The first kappa shape index (κ1) is 17.5. The number of hydrogen-bond acceptors (Lipinski definition) is 4. The van der Waals surface area contributed by atoms with E-state index in [1.54, 1.807) is 24.3 Å². The van der Waals surface area contributed by atoms with E-state index in [1.807, 2.05) is 0 Å². The van der Waals surface area contributed by atoms with Crippen LogP contribution in [0.1, 0.15) is 23.2 Å². The van der Waals surface area contributed by atoms with E-state index >= 15 is 0 Å². The molecule has 0 aliphatic heterocycles. The number of aliphatic carboxylic acids is 1. The van der Waals surface area contributed by atoms with Crippen molar-refractivity contribution in [2.24, 2.45) is 0 Å². The molecule has 0 spiro atoms. The summed E-state index contributed by atoms with van der Waals surface area (Å²) in [6.07, 6.45) is 0.251. The molecule has 21 heavy (non-hydrogen) atoms. The standard InChI is InChI=1S/C14H16ClNO4S/c15-11-3-1-10(2-4-11)12(17)5-6-13(18)16-7-8-21-9-14(19)20/h1-4H,5-9H2,(H,16,18)(H,19,20). The summed E-state index contributed by atoms with van der Waals surface area (Å²) in [7, 11) is 0. The highest BCUT2D eigenvalue weighted by molar-refractivity contribution is 7.99. The molecule has 0 aliphatic carbocycles. The van der Waals surface area contributed by atoms with Crippen LogP contribution in [0.2, 0.25) is 5.02 Å². The Morgan fingerprint density at radius 1 is 1.14 bits per heavy atom. The number of carboxylic acids is 1. The number of Topliss-reactive ketones (excluding diaryl/α,β-unsaturated/α-hetero) is 1. The number of ketones is 1. The van der Waals surface area contributed by atoms with E-state index in [2.05, 4.69) is 5.32 Å². The number of halogens is 1. The third-order valence-electron chi connectivity index (χ3n) is 2.54. The Labute approximate surface area is 132 Å². The minimum atomic E-state index is -0.875. The van der Waals surface area contributed by atoms with Gasteiger partial charge in [-0.25, -0.2) is 0 Å². The van der Waals surface area contributed by atoms with E-state index in [1.165, 1.54) is 11.8 Å². The van der Waals surface area contributed by atoms with Crippen molar-refractivity contribution >= 4 is 41.0 Å². The molecule has 114 valence electrons. The van der Waals surface area contributed by atoms with Crippen LogP contribution < -0.4 is 5.32 Å². The monoisotopic (exact) mass is 329 g/mol. The molecule has 0 atom stereocenters. The molecule has 0 saturated heterocycles. The Bertz CT molecular complexity index is 504. The molecule has 5 nitrogen and oxygen atoms in total. The minimum Gasteiger partial charge on any atom is -0.481 e. The van der Waals surface area contributed by atoms with Gasteiger partial charge in [-0.1, -0.05) is 11.6 Å². The first-order valence-electron chi connectivity index (χ1n) is 6.34. The average molecular weight is 330 g/mol. The Kier molecular flexibility index (Phi) is 7.85. The van der Waals surface area contributed by atoms with Crippen molar-refractivity contribution in [2.45, 2.75) is 12.8 Å². The number of carbonyl (C=O) groups excluding carboxylic acids is 2. The van der Waals surface area contributed by atoms with Gasteiger partial charge in [0.1, 0.15) is 0 Å². The van der Waals surface area contributed by atoms with Gasteiger partial charge < -0.3 is 10.4 Å². The van der Waals surface area contributed by atoms with Gasteiger partial charge in [0.15, 0.2) is 5.78 Å². The maximum absolute atomic E-state index is 11.8. The van der Waals surface area contributed by atoms with Gasteiger partial charge >= 0.3 is 5.97 Å². The number of carbonyl (C=O) groups is 3. The third-order valence-corrected chi connectivity index (χ3v) is 3.74. The second kappa shape index (κ2) is 9.41. The summed E-state index contributed by atoms with van der Waals surface area (Å²) >= 11 is 6.96. The van der Waals surface area contributed by atoms with Crippen molar-refractivity contribution in [3.8, 4) is 0 Å². The summed E-state index contributed by atoms with van der Waals surface area (Å²) in [6, 6.07) is 6.53. The summed E-state index contributed by atoms with van der Waals surface area (Å²) in [5, 5.41) is 11.6. The van der Waals surface area contributed by atoms with Gasteiger partial charge in [-0.2, -0.15) is 0 Å². The first-order valence-corrected chi connectivity index (χ1v) is 7.87. The molecule has 0 unspecified atom stereocenters. The second-order valence-electron chi connectivity index (χ2n) is 4.23. The van der Waals surface area contributed by atoms with E-state index in [0.29, 0.717) is 22.9 Å². The Morgan fingerprint density at radius 2 is 1.81 bits per heavy atom. The number of hydrogen-bond donors (Lipinski definition) is 2. The quantitative estimate of drug-likeness (QED) is 0.536. The highest BCUT2D eigenvalue weighted by atomic mass is 35.5. The van der Waals surface area contributed by atoms with E-state index in [9.17, 15) is 14.4 Å². The number of carboxylic acid groups (broad SMARTS) is 1. The Balaban J connectivity index is 2.19. The molecule has 0 radical (unpaired) electrons. The minimum absolute atomic E-state index is 0.0188. The molecular weight excluding hydrogens is 314 g/mol. The third kappa shape index (κ3) is 7.72. The van der Waals surface area contributed by atoms with Crippen LogP contribution in [0.3, 0.4) is 0 Å². The van der Waals surface area contributed by atoms with Gasteiger partial charge in [0.25, 0.3) is 0 Å². The lowest BCUT2D eigenvalue weighted by Gasteiger charge is -2.04. The zero-order chi connectivity index (χ0) is 15.7. The second-order valence-corrected chi connectivity index (χ2v) is 5.77. The Hall–Kier alpha value is -1.53. The fourth-order valence-electron chi connectivity index (χ4n) is 1.52. The van der Waals surface area contributed by atoms with Crippen molar-refractivity contribution in [1.29, 1.82) is 0 Å². The van der Waals surface area contributed by atoms with Crippen LogP contribution in [-0.2, 0) is 9.59 Å². The molecule has 1 aromatic carbocycles. The van der Waals surface area contributed by atoms with E-state index in [-0.39, 0.29) is 30.3 Å². The lowest BCUT2D eigenvalue weighted by atomic mass is 10.1. The molecule has 0 fully saturated rings. The highest BCUT2D eigenvalue weighted by Gasteiger charge is 2.09. The lowest BCUT2D eigenvalue weighted by molar-refractivity contribution is -0.133. The molecule has 2 N–H and O–H groups in total. The molecule has 1 amide bonds. The predicted molar refractivity (Wildman–Crippen MR) is 83.0 cm³/mol. The van der Waals surface area contributed by atoms with Gasteiger partial charge in [-0.05, 0) is 24.3 Å². The van der Waals surface area contributed by atoms with Crippen LogP contribution in [0.5, 0.6) is 0 Å². The number of nitrogens with one attached hydrogen (secondary N) is 1. The fraction of sp³-hybridized carbons (Fsp3) is 0.357. The average Bonchev–Trinajstić information content (AvgIpc) is 2.44. The van der Waals surface area contributed by atoms with Gasteiger partial charge in [-0.15, -0.1) is 11.8 Å².